The lowest BCUT2D eigenvalue weighted by atomic mass is 9.87. The molecule has 0 aliphatic heterocycles. The first-order valence-corrected chi connectivity index (χ1v) is 7.20. The molecule has 1 fully saturated rings. The van der Waals surface area contributed by atoms with Gasteiger partial charge in [-0.2, -0.15) is 0 Å². The SMILES string of the molecule is COC(=O)c1ccc(CNC2CCCC(C)C2)cc1F. The fourth-order valence-electron chi connectivity index (χ4n) is 2.83. The Bertz CT molecular complexity index is 476. The molecule has 0 spiro atoms. The molecule has 20 heavy (non-hydrogen) atoms. The lowest BCUT2D eigenvalue weighted by Crippen LogP contribution is -2.33. The van der Waals surface area contributed by atoms with Crippen LogP contribution in [0.4, 0.5) is 4.39 Å². The number of esters is 1. The number of carbonyl (C=O) groups is 1. The standard InChI is InChI=1S/C16H22FNO2/c1-11-4-3-5-13(8-11)18-10-12-6-7-14(15(17)9-12)16(19)20-2/h6-7,9,11,13,18H,3-5,8,10H2,1-2H3. The van der Waals surface area contributed by atoms with E-state index >= 15 is 0 Å². The van der Waals surface area contributed by atoms with E-state index in [1.807, 2.05) is 0 Å². The van der Waals surface area contributed by atoms with E-state index in [0.29, 0.717) is 12.6 Å². The Morgan fingerprint density at radius 1 is 1.45 bits per heavy atom. The van der Waals surface area contributed by atoms with Gasteiger partial charge in [0.25, 0.3) is 0 Å². The summed E-state index contributed by atoms with van der Waals surface area (Å²) in [6.07, 6.45) is 4.94. The number of rotatable bonds is 4. The number of nitrogens with one attached hydrogen (secondary N) is 1. The zero-order valence-corrected chi connectivity index (χ0v) is 12.1. The van der Waals surface area contributed by atoms with Gasteiger partial charge in [0.05, 0.1) is 12.7 Å². The molecule has 0 saturated heterocycles. The summed E-state index contributed by atoms with van der Waals surface area (Å²) in [5.41, 5.74) is 0.843. The van der Waals surface area contributed by atoms with Gasteiger partial charge in [-0.15, -0.1) is 0 Å². The average molecular weight is 279 g/mol. The highest BCUT2D eigenvalue weighted by atomic mass is 19.1. The van der Waals surface area contributed by atoms with Gasteiger partial charge in [0.1, 0.15) is 5.82 Å². The second-order valence-electron chi connectivity index (χ2n) is 5.66. The quantitative estimate of drug-likeness (QED) is 0.860. The summed E-state index contributed by atoms with van der Waals surface area (Å²) in [6.45, 7) is 2.91. The Kier molecular flexibility index (Phi) is 5.12. The molecule has 0 amide bonds. The highest BCUT2D eigenvalue weighted by Crippen LogP contribution is 2.23. The molecular weight excluding hydrogens is 257 g/mol. The maximum Gasteiger partial charge on any atom is 0.340 e. The molecule has 2 rings (SSSR count). The topological polar surface area (TPSA) is 38.3 Å². The maximum atomic E-state index is 13.8. The summed E-state index contributed by atoms with van der Waals surface area (Å²) in [5, 5.41) is 3.48. The van der Waals surface area contributed by atoms with Gasteiger partial charge in [0.2, 0.25) is 0 Å². The Morgan fingerprint density at radius 2 is 2.25 bits per heavy atom. The van der Waals surface area contributed by atoms with Crippen molar-refractivity contribution in [2.24, 2.45) is 5.92 Å². The molecule has 4 heteroatoms. The van der Waals surface area contributed by atoms with Gasteiger partial charge >= 0.3 is 5.97 Å². The van der Waals surface area contributed by atoms with Gasteiger partial charge in [0, 0.05) is 12.6 Å². The lowest BCUT2D eigenvalue weighted by Gasteiger charge is -2.27. The molecule has 0 heterocycles. The van der Waals surface area contributed by atoms with E-state index in [1.165, 1.54) is 44.9 Å². The van der Waals surface area contributed by atoms with Crippen molar-refractivity contribution >= 4 is 5.97 Å². The van der Waals surface area contributed by atoms with Crippen LogP contribution in [0.15, 0.2) is 18.2 Å². The molecule has 1 aliphatic carbocycles. The predicted molar refractivity (Wildman–Crippen MR) is 76.0 cm³/mol. The highest BCUT2D eigenvalue weighted by molar-refractivity contribution is 5.89. The fourth-order valence-corrected chi connectivity index (χ4v) is 2.83. The van der Waals surface area contributed by atoms with E-state index in [2.05, 4.69) is 17.0 Å². The second kappa shape index (κ2) is 6.84. The minimum Gasteiger partial charge on any atom is -0.465 e. The number of methoxy groups -OCH3 is 1. The van der Waals surface area contributed by atoms with Crippen molar-refractivity contribution < 1.29 is 13.9 Å². The number of halogens is 1. The van der Waals surface area contributed by atoms with Crippen LogP contribution in [0.2, 0.25) is 0 Å². The molecule has 0 aromatic heterocycles. The molecule has 1 aromatic rings. The van der Waals surface area contributed by atoms with Crippen LogP contribution in [0, 0.1) is 11.7 Å². The first-order valence-electron chi connectivity index (χ1n) is 7.20. The zero-order valence-electron chi connectivity index (χ0n) is 12.1. The summed E-state index contributed by atoms with van der Waals surface area (Å²) in [7, 11) is 1.25. The fraction of sp³-hybridized carbons (Fsp3) is 0.562. The summed E-state index contributed by atoms with van der Waals surface area (Å²) < 4.78 is 18.3. The summed E-state index contributed by atoms with van der Waals surface area (Å²) in [6, 6.07) is 5.18. The first-order chi connectivity index (χ1) is 9.60. The van der Waals surface area contributed by atoms with E-state index in [-0.39, 0.29) is 5.56 Å². The number of benzene rings is 1. The van der Waals surface area contributed by atoms with E-state index in [9.17, 15) is 9.18 Å². The molecule has 1 aromatic carbocycles. The Labute approximate surface area is 119 Å². The molecule has 1 saturated carbocycles. The normalized spacial score (nSPS) is 22.6. The van der Waals surface area contributed by atoms with Gasteiger partial charge in [0.15, 0.2) is 0 Å². The van der Waals surface area contributed by atoms with Crippen LogP contribution in [0.1, 0.15) is 48.5 Å². The molecule has 0 radical (unpaired) electrons. The molecule has 2 unspecified atom stereocenters. The molecule has 1 aliphatic rings. The number of ether oxygens (including phenoxy) is 1. The second-order valence-corrected chi connectivity index (χ2v) is 5.66. The zero-order chi connectivity index (χ0) is 14.5. The van der Waals surface area contributed by atoms with Gasteiger partial charge in [-0.05, 0) is 36.5 Å². The van der Waals surface area contributed by atoms with Crippen LogP contribution >= 0.6 is 0 Å². The van der Waals surface area contributed by atoms with Crippen molar-refractivity contribution in [1.82, 2.24) is 5.32 Å². The van der Waals surface area contributed by atoms with Crippen LogP contribution < -0.4 is 5.32 Å². The van der Waals surface area contributed by atoms with E-state index in [0.717, 1.165) is 11.5 Å². The summed E-state index contributed by atoms with van der Waals surface area (Å²) >= 11 is 0. The molecule has 110 valence electrons. The monoisotopic (exact) mass is 279 g/mol. The van der Waals surface area contributed by atoms with E-state index < -0.39 is 11.8 Å². The third-order valence-electron chi connectivity index (χ3n) is 3.97. The van der Waals surface area contributed by atoms with Gasteiger partial charge in [-0.1, -0.05) is 25.8 Å². The largest absolute Gasteiger partial charge is 0.465 e. The van der Waals surface area contributed by atoms with Crippen LogP contribution in [0.3, 0.4) is 0 Å². The van der Waals surface area contributed by atoms with E-state index in [1.54, 1.807) is 6.07 Å². The van der Waals surface area contributed by atoms with Gasteiger partial charge in [-0.25, -0.2) is 9.18 Å². The first kappa shape index (κ1) is 15.0. The van der Waals surface area contributed by atoms with Crippen molar-refractivity contribution in [3.8, 4) is 0 Å². The molecule has 3 nitrogen and oxygen atoms in total. The third kappa shape index (κ3) is 3.79. The van der Waals surface area contributed by atoms with Crippen LogP contribution in [0.5, 0.6) is 0 Å². The van der Waals surface area contributed by atoms with Crippen LogP contribution in [-0.2, 0) is 11.3 Å². The van der Waals surface area contributed by atoms with Crippen LogP contribution in [0.25, 0.3) is 0 Å². The number of hydrogen-bond donors (Lipinski definition) is 1. The Hall–Kier alpha value is -1.42. The van der Waals surface area contributed by atoms with Crippen molar-refractivity contribution in [2.75, 3.05) is 7.11 Å². The Morgan fingerprint density at radius 3 is 2.90 bits per heavy atom. The smallest absolute Gasteiger partial charge is 0.340 e. The van der Waals surface area contributed by atoms with Crippen LogP contribution in [-0.4, -0.2) is 19.1 Å². The number of hydrogen-bond acceptors (Lipinski definition) is 3. The lowest BCUT2D eigenvalue weighted by molar-refractivity contribution is 0.0595. The molecule has 0 bridgehead atoms. The van der Waals surface area contributed by atoms with Crippen molar-refractivity contribution in [2.45, 2.75) is 45.2 Å². The maximum absolute atomic E-state index is 13.8. The van der Waals surface area contributed by atoms with E-state index in [4.69, 9.17) is 0 Å². The predicted octanol–water partition coefficient (Wildman–Crippen LogP) is 3.28. The Balaban J connectivity index is 1.93. The summed E-state index contributed by atoms with van der Waals surface area (Å²) in [4.78, 5) is 11.3. The molecule has 2 atom stereocenters. The van der Waals surface area contributed by atoms with Gasteiger partial charge < -0.3 is 10.1 Å². The number of carbonyl (C=O) groups excluding carboxylic acids is 1. The minimum atomic E-state index is -0.636. The average Bonchev–Trinajstić information content (AvgIpc) is 2.44. The highest BCUT2D eigenvalue weighted by Gasteiger charge is 2.18. The third-order valence-corrected chi connectivity index (χ3v) is 3.97. The van der Waals surface area contributed by atoms with Crippen molar-refractivity contribution in [3.05, 3.63) is 35.1 Å². The summed E-state index contributed by atoms with van der Waals surface area (Å²) in [5.74, 6) is -0.393. The van der Waals surface area contributed by atoms with Gasteiger partial charge in [-0.3, -0.25) is 0 Å². The van der Waals surface area contributed by atoms with Crippen molar-refractivity contribution in [3.63, 3.8) is 0 Å². The molecule has 1 N–H and O–H groups in total. The van der Waals surface area contributed by atoms with Crippen molar-refractivity contribution in [1.29, 1.82) is 0 Å². The minimum absolute atomic E-state index is 0.0115. The molecular formula is C16H22FNO2.